The van der Waals surface area contributed by atoms with Gasteiger partial charge in [0.2, 0.25) is 0 Å². The van der Waals surface area contributed by atoms with Crippen LogP contribution in [0.3, 0.4) is 0 Å². The van der Waals surface area contributed by atoms with Gasteiger partial charge in [0.25, 0.3) is 0 Å². The number of para-hydroxylation sites is 2. The number of carbonyl (C=O) groups is 1. The van der Waals surface area contributed by atoms with Crippen LogP contribution in [0.25, 0.3) is 22.7 Å². The van der Waals surface area contributed by atoms with E-state index in [-0.39, 0.29) is 5.57 Å². The quantitative estimate of drug-likeness (QED) is 0.591. The van der Waals surface area contributed by atoms with Crippen LogP contribution in [0.15, 0.2) is 66.4 Å². The molecule has 0 aliphatic rings. The molecule has 3 aromatic rings. The minimum atomic E-state index is -1.22. The Labute approximate surface area is 127 Å². The van der Waals surface area contributed by atoms with Gasteiger partial charge in [0.05, 0.1) is 5.52 Å². The highest BCUT2D eigenvalue weighted by Crippen LogP contribution is 2.26. The van der Waals surface area contributed by atoms with Gasteiger partial charge in [0, 0.05) is 22.8 Å². The summed E-state index contributed by atoms with van der Waals surface area (Å²) in [5.41, 5.74) is 2.36. The molecule has 1 heterocycles. The second-order valence-electron chi connectivity index (χ2n) is 4.78. The van der Waals surface area contributed by atoms with Crippen molar-refractivity contribution in [2.24, 2.45) is 0 Å². The summed E-state index contributed by atoms with van der Waals surface area (Å²) in [5, 5.41) is 18.9. The Morgan fingerprint density at radius 3 is 2.45 bits per heavy atom. The molecule has 2 aromatic carbocycles. The van der Waals surface area contributed by atoms with Crippen molar-refractivity contribution in [1.29, 1.82) is 5.26 Å². The van der Waals surface area contributed by atoms with Crippen LogP contribution in [0.1, 0.15) is 5.56 Å². The number of rotatable bonds is 3. The van der Waals surface area contributed by atoms with Gasteiger partial charge in [-0.25, -0.2) is 4.79 Å². The van der Waals surface area contributed by atoms with Crippen molar-refractivity contribution in [3.63, 3.8) is 0 Å². The van der Waals surface area contributed by atoms with Gasteiger partial charge in [0.15, 0.2) is 0 Å². The van der Waals surface area contributed by atoms with Crippen LogP contribution >= 0.6 is 0 Å². The summed E-state index contributed by atoms with van der Waals surface area (Å²) in [5.74, 6) is -1.22. The average Bonchev–Trinajstić information content (AvgIpc) is 2.92. The van der Waals surface area contributed by atoms with Gasteiger partial charge < -0.3 is 9.67 Å². The highest BCUT2D eigenvalue weighted by atomic mass is 16.4. The van der Waals surface area contributed by atoms with Crippen molar-refractivity contribution in [2.45, 2.75) is 0 Å². The van der Waals surface area contributed by atoms with Gasteiger partial charge in [-0.2, -0.15) is 5.26 Å². The van der Waals surface area contributed by atoms with Crippen LogP contribution < -0.4 is 0 Å². The average molecular weight is 288 g/mol. The summed E-state index contributed by atoms with van der Waals surface area (Å²) in [4.78, 5) is 11.1. The van der Waals surface area contributed by atoms with Gasteiger partial charge in [-0.3, -0.25) is 0 Å². The second-order valence-corrected chi connectivity index (χ2v) is 4.78. The van der Waals surface area contributed by atoms with E-state index in [4.69, 9.17) is 10.4 Å². The van der Waals surface area contributed by atoms with Crippen LogP contribution in [0.4, 0.5) is 0 Å². The fourth-order valence-corrected chi connectivity index (χ4v) is 2.42. The molecule has 0 saturated carbocycles. The third-order valence-corrected chi connectivity index (χ3v) is 3.43. The molecular weight excluding hydrogens is 276 g/mol. The summed E-state index contributed by atoms with van der Waals surface area (Å²) in [6.45, 7) is 0. The van der Waals surface area contributed by atoms with E-state index in [0.29, 0.717) is 5.56 Å². The van der Waals surface area contributed by atoms with Gasteiger partial charge in [-0.05, 0) is 24.3 Å². The normalized spacial score (nSPS) is 11.3. The zero-order chi connectivity index (χ0) is 15.5. The maximum absolute atomic E-state index is 11.1. The Kier molecular flexibility index (Phi) is 3.47. The Bertz CT molecular complexity index is 915. The minimum absolute atomic E-state index is 0.282. The predicted molar refractivity (Wildman–Crippen MR) is 84.5 cm³/mol. The van der Waals surface area contributed by atoms with E-state index in [1.165, 1.54) is 6.08 Å². The first-order valence-electron chi connectivity index (χ1n) is 6.71. The zero-order valence-corrected chi connectivity index (χ0v) is 11.6. The van der Waals surface area contributed by atoms with E-state index >= 15 is 0 Å². The molecule has 0 atom stereocenters. The first-order chi connectivity index (χ1) is 10.7. The van der Waals surface area contributed by atoms with Crippen LogP contribution in [0.5, 0.6) is 0 Å². The lowest BCUT2D eigenvalue weighted by molar-refractivity contribution is -0.132. The molecule has 0 aliphatic carbocycles. The molecule has 0 bridgehead atoms. The number of nitrogens with zero attached hydrogens (tertiary/aromatic N) is 2. The highest BCUT2D eigenvalue weighted by molar-refractivity contribution is 6.00. The van der Waals surface area contributed by atoms with E-state index in [9.17, 15) is 4.79 Å². The summed E-state index contributed by atoms with van der Waals surface area (Å²) in [7, 11) is 0. The number of carboxylic acid groups (broad SMARTS) is 1. The lowest BCUT2D eigenvalue weighted by Crippen LogP contribution is -1.97. The maximum Gasteiger partial charge on any atom is 0.346 e. The summed E-state index contributed by atoms with van der Waals surface area (Å²) in [6.07, 6.45) is 3.25. The van der Waals surface area contributed by atoms with Crippen molar-refractivity contribution in [1.82, 2.24) is 4.57 Å². The standard InChI is InChI=1S/C18H12N2O2/c19-11-13(18(21)22)10-14-12-20(15-6-2-1-3-7-15)17-9-5-4-8-16(14)17/h1-10,12H,(H,21,22). The first-order valence-corrected chi connectivity index (χ1v) is 6.71. The Morgan fingerprint density at radius 1 is 1.09 bits per heavy atom. The fraction of sp³-hybridized carbons (Fsp3) is 0. The number of aromatic nitrogens is 1. The number of aliphatic carboxylic acids is 1. The molecule has 4 nitrogen and oxygen atoms in total. The fourth-order valence-electron chi connectivity index (χ4n) is 2.42. The van der Waals surface area contributed by atoms with Crippen molar-refractivity contribution in [3.05, 3.63) is 71.9 Å². The van der Waals surface area contributed by atoms with Crippen LogP contribution in [0, 0.1) is 11.3 Å². The molecule has 1 N–H and O–H groups in total. The van der Waals surface area contributed by atoms with Crippen molar-refractivity contribution in [2.75, 3.05) is 0 Å². The summed E-state index contributed by atoms with van der Waals surface area (Å²) < 4.78 is 1.98. The number of hydrogen-bond acceptors (Lipinski definition) is 2. The molecule has 0 saturated heterocycles. The minimum Gasteiger partial charge on any atom is -0.477 e. The van der Waals surface area contributed by atoms with Crippen LogP contribution in [0.2, 0.25) is 0 Å². The van der Waals surface area contributed by atoms with E-state index in [1.54, 1.807) is 6.07 Å². The maximum atomic E-state index is 11.1. The number of fused-ring (bicyclic) bond motifs is 1. The van der Waals surface area contributed by atoms with Gasteiger partial charge in [0.1, 0.15) is 11.6 Å². The predicted octanol–water partition coefficient (Wildman–Crippen LogP) is 3.62. The van der Waals surface area contributed by atoms with Crippen molar-refractivity contribution in [3.8, 4) is 11.8 Å². The third-order valence-electron chi connectivity index (χ3n) is 3.43. The molecule has 0 amide bonds. The summed E-state index contributed by atoms with van der Waals surface area (Å²) >= 11 is 0. The topological polar surface area (TPSA) is 66.0 Å². The Hall–Kier alpha value is -3.32. The molecule has 4 heteroatoms. The van der Waals surface area contributed by atoms with E-state index in [2.05, 4.69) is 0 Å². The first kappa shape index (κ1) is 13.7. The summed E-state index contributed by atoms with van der Waals surface area (Å²) in [6, 6.07) is 19.2. The monoisotopic (exact) mass is 288 g/mol. The largest absolute Gasteiger partial charge is 0.477 e. The molecule has 3 rings (SSSR count). The second kappa shape index (κ2) is 5.58. The van der Waals surface area contributed by atoms with E-state index in [1.807, 2.05) is 65.4 Å². The molecule has 1 aromatic heterocycles. The molecular formula is C18H12N2O2. The third kappa shape index (κ3) is 2.36. The number of carboxylic acids is 1. The van der Waals surface area contributed by atoms with E-state index in [0.717, 1.165) is 16.6 Å². The molecule has 0 unspecified atom stereocenters. The number of benzene rings is 2. The molecule has 22 heavy (non-hydrogen) atoms. The molecule has 0 spiro atoms. The molecule has 0 fully saturated rings. The van der Waals surface area contributed by atoms with Gasteiger partial charge in [-0.15, -0.1) is 0 Å². The Balaban J connectivity index is 2.26. The van der Waals surface area contributed by atoms with Crippen LogP contribution in [-0.2, 0) is 4.79 Å². The van der Waals surface area contributed by atoms with E-state index < -0.39 is 5.97 Å². The van der Waals surface area contributed by atoms with Gasteiger partial charge in [-0.1, -0.05) is 36.4 Å². The molecule has 106 valence electrons. The van der Waals surface area contributed by atoms with Crippen LogP contribution in [-0.4, -0.2) is 15.6 Å². The highest BCUT2D eigenvalue weighted by Gasteiger charge is 2.11. The van der Waals surface area contributed by atoms with Crippen molar-refractivity contribution >= 4 is 22.9 Å². The number of hydrogen-bond donors (Lipinski definition) is 1. The zero-order valence-electron chi connectivity index (χ0n) is 11.6. The molecule has 0 radical (unpaired) electrons. The SMILES string of the molecule is N#CC(=Cc1cn(-c2ccccc2)c2ccccc12)C(=O)O. The lowest BCUT2D eigenvalue weighted by Gasteiger charge is -2.04. The Morgan fingerprint density at radius 2 is 1.77 bits per heavy atom. The lowest BCUT2D eigenvalue weighted by atomic mass is 10.1. The molecule has 0 aliphatic heterocycles. The van der Waals surface area contributed by atoms with Crippen molar-refractivity contribution < 1.29 is 9.90 Å². The number of nitriles is 1. The smallest absolute Gasteiger partial charge is 0.346 e. The van der Waals surface area contributed by atoms with Gasteiger partial charge >= 0.3 is 5.97 Å².